The van der Waals surface area contributed by atoms with Crippen molar-refractivity contribution in [1.29, 1.82) is 0 Å². The SMILES string of the molecule is O=C1CC2CCCCN2Cc2cc(/C=C/C(=O)N3CC4C=C(c5ccccc5)CC4C3)cnc2N1. The Balaban J connectivity index is 1.12. The number of hydrogen-bond donors (Lipinski definition) is 1. The highest BCUT2D eigenvalue weighted by atomic mass is 16.2. The number of hydrogen-bond acceptors (Lipinski definition) is 4. The summed E-state index contributed by atoms with van der Waals surface area (Å²) >= 11 is 0. The molecule has 1 N–H and O–H groups in total. The van der Waals surface area contributed by atoms with Crippen LogP contribution >= 0.6 is 0 Å². The highest BCUT2D eigenvalue weighted by Crippen LogP contribution is 2.41. The smallest absolute Gasteiger partial charge is 0.246 e. The van der Waals surface area contributed by atoms with Crippen molar-refractivity contribution in [3.8, 4) is 0 Å². The first kappa shape index (κ1) is 22.2. The second kappa shape index (κ2) is 9.42. The standard InChI is InChI=1S/C29H32N4O2/c34-27-15-26-8-4-5-11-32(26)19-25-12-20(16-30-29(25)31-27)9-10-28(35)33-17-23-13-22(14-24(23)18-33)21-6-2-1-3-7-21/h1-3,6-7,9-10,12-13,16,23-24,26H,4-5,8,11,14-15,17-19H2,(H,30,31,34)/b10-9+. The highest BCUT2D eigenvalue weighted by Gasteiger charge is 2.37. The molecule has 2 amide bonds. The largest absolute Gasteiger partial charge is 0.338 e. The van der Waals surface area contributed by atoms with Gasteiger partial charge in [-0.05, 0) is 66.5 Å². The molecule has 1 aromatic carbocycles. The number of piperidine rings is 1. The number of likely N-dealkylation sites (tertiary alicyclic amines) is 1. The zero-order valence-corrected chi connectivity index (χ0v) is 20.0. The first-order chi connectivity index (χ1) is 17.1. The van der Waals surface area contributed by atoms with Gasteiger partial charge in [0, 0.05) is 49.9 Å². The Labute approximate surface area is 206 Å². The highest BCUT2D eigenvalue weighted by molar-refractivity contribution is 5.93. The summed E-state index contributed by atoms with van der Waals surface area (Å²) in [5, 5.41) is 2.99. The Bertz CT molecular complexity index is 1190. The van der Waals surface area contributed by atoms with Gasteiger partial charge >= 0.3 is 0 Å². The molecule has 6 nitrogen and oxygen atoms in total. The third kappa shape index (κ3) is 4.67. The fourth-order valence-corrected chi connectivity index (χ4v) is 6.20. The van der Waals surface area contributed by atoms with Crippen molar-refractivity contribution in [2.75, 3.05) is 25.0 Å². The molecule has 3 unspecified atom stereocenters. The van der Waals surface area contributed by atoms with Gasteiger partial charge in [0.15, 0.2) is 0 Å². The van der Waals surface area contributed by atoms with E-state index >= 15 is 0 Å². The van der Waals surface area contributed by atoms with Crippen LogP contribution in [0, 0.1) is 11.8 Å². The second-order valence-corrected chi connectivity index (χ2v) is 10.4. The second-order valence-electron chi connectivity index (χ2n) is 10.4. The van der Waals surface area contributed by atoms with Crippen LogP contribution in [0.15, 0.2) is 54.7 Å². The number of allylic oxidation sites excluding steroid dienone is 1. The summed E-state index contributed by atoms with van der Waals surface area (Å²) < 4.78 is 0. The van der Waals surface area contributed by atoms with Crippen LogP contribution < -0.4 is 5.32 Å². The molecule has 3 atom stereocenters. The summed E-state index contributed by atoms with van der Waals surface area (Å²) in [6.07, 6.45) is 12.7. The van der Waals surface area contributed by atoms with Crippen LogP contribution in [0.3, 0.4) is 0 Å². The van der Waals surface area contributed by atoms with Gasteiger partial charge in [0.2, 0.25) is 11.8 Å². The van der Waals surface area contributed by atoms with Crippen molar-refractivity contribution in [2.24, 2.45) is 11.8 Å². The van der Waals surface area contributed by atoms with E-state index in [0.29, 0.717) is 30.1 Å². The van der Waals surface area contributed by atoms with E-state index in [1.165, 1.54) is 24.0 Å². The number of benzene rings is 1. The molecule has 0 spiro atoms. The molecule has 0 saturated carbocycles. The molecule has 35 heavy (non-hydrogen) atoms. The van der Waals surface area contributed by atoms with Gasteiger partial charge in [-0.1, -0.05) is 42.8 Å². The van der Waals surface area contributed by atoms with E-state index in [4.69, 9.17) is 0 Å². The Morgan fingerprint density at radius 2 is 2.00 bits per heavy atom. The lowest BCUT2D eigenvalue weighted by Gasteiger charge is -2.37. The van der Waals surface area contributed by atoms with Gasteiger partial charge < -0.3 is 10.2 Å². The van der Waals surface area contributed by atoms with Gasteiger partial charge in [0.1, 0.15) is 5.82 Å². The molecule has 2 saturated heterocycles. The van der Waals surface area contributed by atoms with Crippen LogP contribution in [0.1, 0.15) is 48.8 Å². The average molecular weight is 469 g/mol. The first-order valence-corrected chi connectivity index (χ1v) is 12.9. The molecule has 0 bridgehead atoms. The molecular formula is C29H32N4O2. The molecule has 1 aliphatic carbocycles. The molecule has 6 heteroatoms. The predicted molar refractivity (Wildman–Crippen MR) is 137 cm³/mol. The van der Waals surface area contributed by atoms with Gasteiger partial charge in [-0.3, -0.25) is 14.5 Å². The van der Waals surface area contributed by atoms with E-state index in [9.17, 15) is 9.59 Å². The molecular weight excluding hydrogens is 436 g/mol. The predicted octanol–water partition coefficient (Wildman–Crippen LogP) is 4.35. The summed E-state index contributed by atoms with van der Waals surface area (Å²) in [5.41, 5.74) is 4.64. The van der Waals surface area contributed by atoms with Crippen molar-refractivity contribution < 1.29 is 9.59 Å². The lowest BCUT2D eigenvalue weighted by Crippen LogP contribution is -2.42. The Kier molecular flexibility index (Phi) is 5.98. The zero-order valence-electron chi connectivity index (χ0n) is 20.0. The molecule has 1 aromatic heterocycles. The number of nitrogens with zero attached hydrogens (tertiary/aromatic N) is 3. The number of rotatable bonds is 3. The number of fused-ring (bicyclic) bond motifs is 3. The number of amides is 2. The van der Waals surface area contributed by atoms with E-state index < -0.39 is 0 Å². The van der Waals surface area contributed by atoms with E-state index in [0.717, 1.165) is 50.1 Å². The molecule has 0 radical (unpaired) electrons. The Morgan fingerprint density at radius 3 is 2.86 bits per heavy atom. The summed E-state index contributed by atoms with van der Waals surface area (Å²) in [6, 6.07) is 12.9. The fourth-order valence-electron chi connectivity index (χ4n) is 6.20. The fraction of sp³-hybridized carbons (Fsp3) is 0.414. The molecule has 4 heterocycles. The maximum atomic E-state index is 13.0. The molecule has 4 aliphatic rings. The topological polar surface area (TPSA) is 65.5 Å². The number of anilines is 1. The van der Waals surface area contributed by atoms with Crippen LogP contribution in [0.25, 0.3) is 11.6 Å². The van der Waals surface area contributed by atoms with Crippen LogP contribution in [0.5, 0.6) is 0 Å². The summed E-state index contributed by atoms with van der Waals surface area (Å²) in [4.78, 5) is 34.3. The van der Waals surface area contributed by atoms with E-state index in [-0.39, 0.29) is 11.8 Å². The minimum atomic E-state index is 0.0397. The minimum absolute atomic E-state index is 0.0397. The van der Waals surface area contributed by atoms with Crippen LogP contribution in [-0.2, 0) is 16.1 Å². The maximum Gasteiger partial charge on any atom is 0.246 e. The average Bonchev–Trinajstić information content (AvgIpc) is 3.44. The van der Waals surface area contributed by atoms with Gasteiger partial charge in [-0.25, -0.2) is 4.98 Å². The minimum Gasteiger partial charge on any atom is -0.338 e. The molecule has 180 valence electrons. The summed E-state index contributed by atoms with van der Waals surface area (Å²) in [6.45, 7) is 3.41. The molecule has 6 rings (SSSR count). The van der Waals surface area contributed by atoms with Gasteiger partial charge in [-0.2, -0.15) is 0 Å². The van der Waals surface area contributed by atoms with Gasteiger partial charge in [-0.15, -0.1) is 0 Å². The normalized spacial score (nSPS) is 26.4. The molecule has 2 fully saturated rings. The van der Waals surface area contributed by atoms with Crippen molar-refractivity contribution in [1.82, 2.24) is 14.8 Å². The maximum absolute atomic E-state index is 13.0. The quantitative estimate of drug-likeness (QED) is 0.680. The van der Waals surface area contributed by atoms with Gasteiger partial charge in [0.25, 0.3) is 0 Å². The summed E-state index contributed by atoms with van der Waals surface area (Å²) in [7, 11) is 0. The zero-order chi connectivity index (χ0) is 23.8. The van der Waals surface area contributed by atoms with E-state index in [1.807, 2.05) is 17.0 Å². The summed E-state index contributed by atoms with van der Waals surface area (Å²) in [5.74, 6) is 1.71. The van der Waals surface area contributed by atoms with E-state index in [2.05, 4.69) is 51.6 Å². The monoisotopic (exact) mass is 468 g/mol. The van der Waals surface area contributed by atoms with Crippen molar-refractivity contribution in [3.63, 3.8) is 0 Å². The van der Waals surface area contributed by atoms with Crippen LogP contribution in [-0.4, -0.2) is 52.3 Å². The van der Waals surface area contributed by atoms with E-state index in [1.54, 1.807) is 12.3 Å². The van der Waals surface area contributed by atoms with Crippen LogP contribution in [0.2, 0.25) is 0 Å². The Morgan fingerprint density at radius 1 is 1.11 bits per heavy atom. The number of carbonyl (C=O) groups is 2. The van der Waals surface area contributed by atoms with Crippen molar-refractivity contribution >= 4 is 29.3 Å². The lowest BCUT2D eigenvalue weighted by atomic mass is 9.97. The third-order valence-electron chi connectivity index (χ3n) is 8.05. The van der Waals surface area contributed by atoms with Crippen LogP contribution in [0.4, 0.5) is 5.82 Å². The first-order valence-electron chi connectivity index (χ1n) is 12.9. The number of aromatic nitrogens is 1. The molecule has 2 aromatic rings. The van der Waals surface area contributed by atoms with Crippen molar-refractivity contribution in [2.45, 2.75) is 44.7 Å². The number of carbonyl (C=O) groups excluding carboxylic acids is 2. The number of pyridine rings is 1. The number of nitrogens with one attached hydrogen (secondary N) is 1. The third-order valence-corrected chi connectivity index (χ3v) is 8.05. The Hall–Kier alpha value is -3.25. The van der Waals surface area contributed by atoms with Crippen molar-refractivity contribution in [3.05, 3.63) is 71.4 Å². The molecule has 3 aliphatic heterocycles. The van der Waals surface area contributed by atoms with Gasteiger partial charge in [0.05, 0.1) is 0 Å². The lowest BCUT2D eigenvalue weighted by molar-refractivity contribution is -0.125.